The van der Waals surface area contributed by atoms with Crippen LogP contribution in [0.3, 0.4) is 0 Å². The van der Waals surface area contributed by atoms with E-state index in [2.05, 4.69) is 5.32 Å². The number of carbonyl (C=O) groups excluding carboxylic acids is 1. The third-order valence-electron chi connectivity index (χ3n) is 4.70. The molecule has 0 radical (unpaired) electrons. The van der Waals surface area contributed by atoms with E-state index in [1.165, 1.54) is 18.2 Å². The monoisotopic (exact) mass is 448 g/mol. The predicted molar refractivity (Wildman–Crippen MR) is 123 cm³/mol. The van der Waals surface area contributed by atoms with Crippen LogP contribution in [0.1, 0.15) is 22.3 Å². The summed E-state index contributed by atoms with van der Waals surface area (Å²) in [6, 6.07) is 16.7. The molecule has 32 heavy (non-hydrogen) atoms. The minimum atomic E-state index is -0.576. The zero-order chi connectivity index (χ0) is 23.3. The number of carbonyl (C=O) groups is 1. The average Bonchev–Trinajstić information content (AvgIpc) is 2.76. The Hall–Kier alpha value is -3.95. The van der Waals surface area contributed by atoms with Gasteiger partial charge in [-0.05, 0) is 73.0 Å². The van der Waals surface area contributed by atoms with Gasteiger partial charge in [-0.3, -0.25) is 4.79 Å². The number of ether oxygens (including phenoxy) is 1. The molecular weight excluding hydrogens is 428 g/mol. The molecule has 0 fully saturated rings. The van der Waals surface area contributed by atoms with Crippen molar-refractivity contribution >= 4 is 23.6 Å². The fourth-order valence-electron chi connectivity index (χ4n) is 3.01. The van der Waals surface area contributed by atoms with Gasteiger partial charge in [-0.1, -0.05) is 23.7 Å². The van der Waals surface area contributed by atoms with Crippen molar-refractivity contribution in [1.82, 2.24) is 5.32 Å². The Balaban J connectivity index is 1.63. The minimum Gasteiger partial charge on any atom is -0.508 e. The van der Waals surface area contributed by atoms with Crippen molar-refractivity contribution in [3.05, 3.63) is 87.4 Å². The number of nitrogens with zero attached hydrogens (tertiary/aromatic N) is 1. The topological polar surface area (TPSA) is 103 Å². The number of phenols is 2. The number of nitriles is 1. The van der Waals surface area contributed by atoms with Gasteiger partial charge in [0.25, 0.3) is 5.91 Å². The second kappa shape index (κ2) is 9.90. The average molecular weight is 449 g/mol. The molecule has 0 bridgehead atoms. The van der Waals surface area contributed by atoms with Crippen molar-refractivity contribution < 1.29 is 19.7 Å². The van der Waals surface area contributed by atoms with E-state index in [0.717, 1.165) is 27.8 Å². The predicted octanol–water partition coefficient (Wildman–Crippen LogP) is 5.38. The van der Waals surface area contributed by atoms with Crippen LogP contribution in [0.15, 0.2) is 60.2 Å². The molecule has 3 N–H and O–H groups in total. The third kappa shape index (κ3) is 5.60. The van der Waals surface area contributed by atoms with Gasteiger partial charge in [-0.25, -0.2) is 0 Å². The van der Waals surface area contributed by atoms with E-state index in [9.17, 15) is 20.3 Å². The van der Waals surface area contributed by atoms with Crippen molar-refractivity contribution in [3.63, 3.8) is 0 Å². The van der Waals surface area contributed by atoms with Crippen LogP contribution in [-0.4, -0.2) is 16.1 Å². The van der Waals surface area contributed by atoms with E-state index in [-0.39, 0.29) is 29.2 Å². The van der Waals surface area contributed by atoms with E-state index in [4.69, 9.17) is 16.3 Å². The first kappa shape index (κ1) is 22.7. The summed E-state index contributed by atoms with van der Waals surface area (Å²) in [6.45, 7) is 4.04. The third-order valence-corrected chi connectivity index (χ3v) is 5.30. The Morgan fingerprint density at radius 2 is 1.72 bits per heavy atom. The van der Waals surface area contributed by atoms with Gasteiger partial charge in [-0.15, -0.1) is 0 Å². The largest absolute Gasteiger partial charge is 0.508 e. The number of aryl methyl sites for hydroxylation is 2. The highest BCUT2D eigenvalue weighted by atomic mass is 35.5. The number of rotatable bonds is 6. The lowest BCUT2D eigenvalue weighted by Gasteiger charge is -2.10. The molecular formula is C25H21ClN2O4. The fourth-order valence-corrected chi connectivity index (χ4v) is 3.12. The number of nitrogens with one attached hydrogen (secondary N) is 1. The van der Waals surface area contributed by atoms with E-state index >= 15 is 0 Å². The molecule has 0 aliphatic carbocycles. The Kier molecular flexibility index (Phi) is 7.04. The normalized spacial score (nSPS) is 11.0. The number of phenolic OH excluding ortho intramolecular Hbond substituents is 2. The van der Waals surface area contributed by atoms with Crippen LogP contribution in [-0.2, 0) is 11.3 Å². The Labute approximate surface area is 191 Å². The van der Waals surface area contributed by atoms with Crippen molar-refractivity contribution in [2.75, 3.05) is 0 Å². The first-order valence-electron chi connectivity index (χ1n) is 9.72. The number of amides is 1. The van der Waals surface area contributed by atoms with Gasteiger partial charge in [0.1, 0.15) is 34.6 Å². The summed E-state index contributed by atoms with van der Waals surface area (Å²) in [5.74, 6) is 0.407. The van der Waals surface area contributed by atoms with Gasteiger partial charge in [-0.2, -0.15) is 5.26 Å². The summed E-state index contributed by atoms with van der Waals surface area (Å²) in [5.41, 5.74) is 2.77. The van der Waals surface area contributed by atoms with Gasteiger partial charge < -0.3 is 20.3 Å². The molecule has 0 unspecified atom stereocenters. The molecule has 7 heteroatoms. The maximum atomic E-state index is 12.4. The molecule has 3 rings (SSSR count). The standard InChI is InChI=1S/C25H21ClN2O4/c1-15-9-22(10-16(2)24(15)26)32-21-7-3-17(4-8-21)14-28-25(31)19(13-27)11-18-5-6-20(29)12-23(18)30/h3-12,29-30H,14H2,1-2H3,(H,28,31)/b19-11+. The molecule has 0 saturated heterocycles. The van der Waals surface area contributed by atoms with Gasteiger partial charge in [0.15, 0.2) is 0 Å². The second-order valence-corrected chi connectivity index (χ2v) is 7.59. The van der Waals surface area contributed by atoms with Crippen LogP contribution in [0.5, 0.6) is 23.0 Å². The molecule has 0 heterocycles. The van der Waals surface area contributed by atoms with Gasteiger partial charge >= 0.3 is 0 Å². The van der Waals surface area contributed by atoms with Crippen LogP contribution in [0.25, 0.3) is 6.08 Å². The summed E-state index contributed by atoms with van der Waals surface area (Å²) >= 11 is 6.19. The lowest BCUT2D eigenvalue weighted by Crippen LogP contribution is -2.23. The molecule has 0 atom stereocenters. The molecule has 0 aliphatic heterocycles. The van der Waals surface area contributed by atoms with E-state index in [1.54, 1.807) is 12.1 Å². The highest BCUT2D eigenvalue weighted by molar-refractivity contribution is 6.32. The molecule has 0 aromatic heterocycles. The van der Waals surface area contributed by atoms with Crippen LogP contribution in [0.4, 0.5) is 0 Å². The molecule has 3 aromatic rings. The van der Waals surface area contributed by atoms with Crippen LogP contribution in [0, 0.1) is 25.2 Å². The zero-order valence-corrected chi connectivity index (χ0v) is 18.3. The minimum absolute atomic E-state index is 0.114. The van der Waals surface area contributed by atoms with Crippen LogP contribution < -0.4 is 10.1 Å². The fraction of sp³-hybridized carbons (Fsp3) is 0.120. The smallest absolute Gasteiger partial charge is 0.262 e. The molecule has 162 valence electrons. The zero-order valence-electron chi connectivity index (χ0n) is 17.5. The summed E-state index contributed by atoms with van der Waals surface area (Å²) in [7, 11) is 0. The number of aromatic hydroxyl groups is 2. The summed E-state index contributed by atoms with van der Waals surface area (Å²) in [4.78, 5) is 12.4. The SMILES string of the molecule is Cc1cc(Oc2ccc(CNC(=O)/C(C#N)=C/c3ccc(O)cc3O)cc2)cc(C)c1Cl. The van der Waals surface area contributed by atoms with E-state index in [0.29, 0.717) is 11.5 Å². The van der Waals surface area contributed by atoms with Crippen molar-refractivity contribution in [2.45, 2.75) is 20.4 Å². The maximum Gasteiger partial charge on any atom is 0.262 e. The summed E-state index contributed by atoms with van der Waals surface area (Å²) in [5, 5.41) is 31.9. The van der Waals surface area contributed by atoms with Crippen LogP contribution >= 0.6 is 11.6 Å². The second-order valence-electron chi connectivity index (χ2n) is 7.21. The molecule has 0 aliphatic rings. The first-order chi connectivity index (χ1) is 15.3. The lowest BCUT2D eigenvalue weighted by molar-refractivity contribution is -0.117. The molecule has 1 amide bonds. The van der Waals surface area contributed by atoms with E-state index in [1.807, 2.05) is 44.2 Å². The number of benzene rings is 3. The van der Waals surface area contributed by atoms with Gasteiger partial charge in [0, 0.05) is 23.2 Å². The van der Waals surface area contributed by atoms with Gasteiger partial charge in [0.2, 0.25) is 0 Å². The van der Waals surface area contributed by atoms with Crippen molar-refractivity contribution in [3.8, 4) is 29.1 Å². The van der Waals surface area contributed by atoms with Crippen molar-refractivity contribution in [1.29, 1.82) is 5.26 Å². The Morgan fingerprint density at radius 1 is 1.06 bits per heavy atom. The van der Waals surface area contributed by atoms with Crippen molar-refractivity contribution in [2.24, 2.45) is 0 Å². The Morgan fingerprint density at radius 3 is 2.31 bits per heavy atom. The first-order valence-corrected chi connectivity index (χ1v) is 10.1. The van der Waals surface area contributed by atoms with E-state index < -0.39 is 5.91 Å². The number of hydrogen-bond acceptors (Lipinski definition) is 5. The number of hydrogen-bond donors (Lipinski definition) is 3. The molecule has 0 saturated carbocycles. The quantitative estimate of drug-likeness (QED) is 0.347. The highest BCUT2D eigenvalue weighted by Crippen LogP contribution is 2.29. The summed E-state index contributed by atoms with van der Waals surface area (Å²) < 4.78 is 5.88. The maximum absolute atomic E-state index is 12.4. The van der Waals surface area contributed by atoms with Gasteiger partial charge in [0.05, 0.1) is 0 Å². The highest BCUT2D eigenvalue weighted by Gasteiger charge is 2.11. The molecule has 6 nitrogen and oxygen atoms in total. The molecule has 0 spiro atoms. The summed E-state index contributed by atoms with van der Waals surface area (Å²) in [6.07, 6.45) is 1.26. The lowest BCUT2D eigenvalue weighted by atomic mass is 10.1. The van der Waals surface area contributed by atoms with Crippen LogP contribution in [0.2, 0.25) is 5.02 Å². The molecule has 3 aromatic carbocycles. The number of halogens is 1. The Bertz CT molecular complexity index is 1200.